The van der Waals surface area contributed by atoms with Gasteiger partial charge in [0.2, 0.25) is 11.9 Å². The van der Waals surface area contributed by atoms with E-state index in [0.29, 0.717) is 31.3 Å². The molecule has 3 aromatic rings. The molecule has 1 amide bonds. The van der Waals surface area contributed by atoms with Crippen molar-refractivity contribution in [3.63, 3.8) is 0 Å². The van der Waals surface area contributed by atoms with Crippen LogP contribution < -0.4 is 15.9 Å². The molecule has 1 N–H and O–H groups in total. The van der Waals surface area contributed by atoms with Gasteiger partial charge in [0.25, 0.3) is 0 Å². The lowest BCUT2D eigenvalue weighted by molar-refractivity contribution is -0.122. The standard InChI is InChI=1S/C20H24N6O3/c1-14-11-17-23-25(13-18(27)21-8-10-29-2)20(28)26(17)19(22-14)24-9-7-15-5-3-4-6-16(15)12-24/h3-6,11H,7-10,12-13H2,1-2H3,(H,21,27). The third-order valence-corrected chi connectivity index (χ3v) is 5.01. The van der Waals surface area contributed by atoms with E-state index in [2.05, 4.69) is 32.4 Å². The Morgan fingerprint density at radius 1 is 1.28 bits per heavy atom. The van der Waals surface area contributed by atoms with Gasteiger partial charge in [0.15, 0.2) is 5.65 Å². The molecule has 0 unspecified atom stereocenters. The zero-order chi connectivity index (χ0) is 20.4. The maximum atomic E-state index is 13.0. The van der Waals surface area contributed by atoms with E-state index < -0.39 is 0 Å². The number of aryl methyl sites for hydroxylation is 1. The summed E-state index contributed by atoms with van der Waals surface area (Å²) >= 11 is 0. The van der Waals surface area contributed by atoms with Crippen molar-refractivity contribution in [2.45, 2.75) is 26.4 Å². The Kier molecular flexibility index (Phi) is 5.30. The van der Waals surface area contributed by atoms with E-state index in [1.54, 1.807) is 13.2 Å². The number of hydrogen-bond donors (Lipinski definition) is 1. The number of benzene rings is 1. The summed E-state index contributed by atoms with van der Waals surface area (Å²) in [6.45, 7) is 3.97. The molecule has 1 aromatic carbocycles. The molecule has 1 aliphatic rings. The first-order valence-electron chi connectivity index (χ1n) is 9.61. The lowest BCUT2D eigenvalue weighted by Gasteiger charge is -2.29. The summed E-state index contributed by atoms with van der Waals surface area (Å²) in [5.41, 5.74) is 3.44. The summed E-state index contributed by atoms with van der Waals surface area (Å²) in [7, 11) is 1.56. The van der Waals surface area contributed by atoms with E-state index in [-0.39, 0.29) is 18.1 Å². The monoisotopic (exact) mass is 396 g/mol. The first-order chi connectivity index (χ1) is 14.1. The molecule has 1 aliphatic heterocycles. The summed E-state index contributed by atoms with van der Waals surface area (Å²) in [4.78, 5) is 31.8. The zero-order valence-corrected chi connectivity index (χ0v) is 16.6. The Hall–Kier alpha value is -3.20. The van der Waals surface area contributed by atoms with Gasteiger partial charge in [-0.1, -0.05) is 24.3 Å². The lowest BCUT2D eigenvalue weighted by Crippen LogP contribution is -2.36. The Bertz CT molecular complexity index is 1100. The van der Waals surface area contributed by atoms with E-state index in [0.717, 1.165) is 18.7 Å². The van der Waals surface area contributed by atoms with Gasteiger partial charge in [0.05, 0.1) is 6.61 Å². The third kappa shape index (κ3) is 3.86. The van der Waals surface area contributed by atoms with E-state index in [9.17, 15) is 9.59 Å². The molecule has 0 fully saturated rings. The number of carbonyl (C=O) groups excluding carboxylic acids is 1. The minimum atomic E-state index is -0.372. The molecule has 9 heteroatoms. The lowest BCUT2D eigenvalue weighted by atomic mass is 10.0. The van der Waals surface area contributed by atoms with E-state index in [4.69, 9.17) is 4.74 Å². The number of carbonyl (C=O) groups is 1. The van der Waals surface area contributed by atoms with E-state index in [1.807, 2.05) is 19.1 Å². The van der Waals surface area contributed by atoms with Crippen molar-refractivity contribution < 1.29 is 9.53 Å². The van der Waals surface area contributed by atoms with Gasteiger partial charge in [-0.2, -0.15) is 0 Å². The van der Waals surface area contributed by atoms with Crippen LogP contribution in [0, 0.1) is 6.92 Å². The molecular formula is C20H24N6O3. The fraction of sp³-hybridized carbons (Fsp3) is 0.400. The number of nitrogens with zero attached hydrogens (tertiary/aromatic N) is 5. The molecule has 9 nitrogen and oxygen atoms in total. The van der Waals surface area contributed by atoms with Crippen molar-refractivity contribution in [1.82, 2.24) is 24.5 Å². The Morgan fingerprint density at radius 2 is 2.07 bits per heavy atom. The van der Waals surface area contributed by atoms with E-state index >= 15 is 0 Å². The predicted octanol–water partition coefficient (Wildman–Crippen LogP) is 0.525. The van der Waals surface area contributed by atoms with Crippen LogP contribution >= 0.6 is 0 Å². The van der Waals surface area contributed by atoms with Gasteiger partial charge in [-0.15, -0.1) is 5.10 Å². The van der Waals surface area contributed by atoms with Gasteiger partial charge in [0, 0.05) is 38.5 Å². The van der Waals surface area contributed by atoms with Gasteiger partial charge >= 0.3 is 5.69 Å². The summed E-state index contributed by atoms with van der Waals surface area (Å²) < 4.78 is 7.59. The molecule has 0 saturated carbocycles. The van der Waals surface area contributed by atoms with Crippen molar-refractivity contribution in [2.75, 3.05) is 31.7 Å². The molecule has 0 aliphatic carbocycles. The zero-order valence-electron chi connectivity index (χ0n) is 16.6. The van der Waals surface area contributed by atoms with Crippen molar-refractivity contribution in [3.8, 4) is 0 Å². The number of amides is 1. The molecular weight excluding hydrogens is 372 g/mol. The van der Waals surface area contributed by atoms with Crippen LogP contribution in [0.1, 0.15) is 16.8 Å². The second-order valence-corrected chi connectivity index (χ2v) is 7.11. The van der Waals surface area contributed by atoms with Crippen LogP contribution in [-0.4, -0.2) is 51.9 Å². The molecule has 4 rings (SSSR count). The van der Waals surface area contributed by atoms with Crippen LogP contribution in [0.25, 0.3) is 5.65 Å². The summed E-state index contributed by atoms with van der Waals surface area (Å²) in [5, 5.41) is 7.05. The average molecular weight is 396 g/mol. The molecule has 3 heterocycles. The highest BCUT2D eigenvalue weighted by molar-refractivity contribution is 5.75. The first-order valence-corrected chi connectivity index (χ1v) is 9.61. The average Bonchev–Trinajstić information content (AvgIpc) is 3.02. The van der Waals surface area contributed by atoms with Crippen LogP contribution in [0.3, 0.4) is 0 Å². The van der Waals surface area contributed by atoms with Crippen LogP contribution in [0.5, 0.6) is 0 Å². The van der Waals surface area contributed by atoms with Gasteiger partial charge in [-0.3, -0.25) is 4.79 Å². The number of rotatable bonds is 6. The number of hydrogen-bond acceptors (Lipinski definition) is 6. The highest BCUT2D eigenvalue weighted by atomic mass is 16.5. The quantitative estimate of drug-likeness (QED) is 0.611. The number of fused-ring (bicyclic) bond motifs is 2. The van der Waals surface area contributed by atoms with Crippen molar-refractivity contribution >= 4 is 17.5 Å². The maximum absolute atomic E-state index is 13.0. The largest absolute Gasteiger partial charge is 0.383 e. The fourth-order valence-electron chi connectivity index (χ4n) is 3.60. The van der Waals surface area contributed by atoms with Crippen LogP contribution in [0.2, 0.25) is 0 Å². The van der Waals surface area contributed by atoms with Crippen molar-refractivity contribution in [3.05, 3.63) is 57.6 Å². The summed E-state index contributed by atoms with van der Waals surface area (Å²) in [6.07, 6.45) is 0.887. The number of ether oxygens (including phenoxy) is 1. The number of anilines is 1. The minimum absolute atomic E-state index is 0.147. The smallest absolute Gasteiger partial charge is 0.353 e. The fourth-order valence-corrected chi connectivity index (χ4v) is 3.60. The Labute approximate surface area is 167 Å². The van der Waals surface area contributed by atoms with Gasteiger partial charge in [0.1, 0.15) is 6.54 Å². The van der Waals surface area contributed by atoms with Crippen molar-refractivity contribution in [1.29, 1.82) is 0 Å². The first kappa shape index (κ1) is 19.1. The molecule has 2 aromatic heterocycles. The molecule has 0 saturated heterocycles. The van der Waals surface area contributed by atoms with Crippen molar-refractivity contribution in [2.24, 2.45) is 0 Å². The number of methoxy groups -OCH3 is 1. The maximum Gasteiger partial charge on any atom is 0.353 e. The second kappa shape index (κ2) is 8.04. The highest BCUT2D eigenvalue weighted by Crippen LogP contribution is 2.23. The van der Waals surface area contributed by atoms with Gasteiger partial charge < -0.3 is 15.0 Å². The molecule has 0 radical (unpaired) electrons. The van der Waals surface area contributed by atoms with Crippen LogP contribution in [0.4, 0.5) is 5.95 Å². The molecule has 152 valence electrons. The number of nitrogens with one attached hydrogen (secondary N) is 1. The Morgan fingerprint density at radius 3 is 2.86 bits per heavy atom. The van der Waals surface area contributed by atoms with Gasteiger partial charge in [-0.05, 0) is 24.5 Å². The van der Waals surface area contributed by atoms with Crippen LogP contribution in [-0.2, 0) is 29.0 Å². The predicted molar refractivity (Wildman–Crippen MR) is 108 cm³/mol. The molecule has 0 bridgehead atoms. The van der Waals surface area contributed by atoms with Gasteiger partial charge in [-0.25, -0.2) is 18.9 Å². The molecule has 0 atom stereocenters. The topological polar surface area (TPSA) is 93.8 Å². The second-order valence-electron chi connectivity index (χ2n) is 7.11. The summed E-state index contributed by atoms with van der Waals surface area (Å²) in [6, 6.07) is 10.1. The highest BCUT2D eigenvalue weighted by Gasteiger charge is 2.22. The molecule has 0 spiro atoms. The SMILES string of the molecule is COCCNC(=O)Cn1nc2cc(C)nc(N3CCc4ccccc4C3)n2c1=O. The Balaban J connectivity index is 1.66. The normalized spacial score (nSPS) is 13.5. The van der Waals surface area contributed by atoms with E-state index in [1.165, 1.54) is 20.2 Å². The number of aromatic nitrogens is 4. The third-order valence-electron chi connectivity index (χ3n) is 5.01. The summed E-state index contributed by atoms with van der Waals surface area (Å²) in [5.74, 6) is 0.274. The molecule has 29 heavy (non-hydrogen) atoms. The van der Waals surface area contributed by atoms with Crippen LogP contribution in [0.15, 0.2) is 35.1 Å². The minimum Gasteiger partial charge on any atom is -0.383 e.